The Hall–Kier alpha value is -0.460. The molecule has 0 aliphatic rings. The summed E-state index contributed by atoms with van der Waals surface area (Å²) in [5.41, 5.74) is 1.54. The molecule has 0 unspecified atom stereocenters. The van der Waals surface area contributed by atoms with Crippen LogP contribution < -0.4 is 0 Å². The maximum absolute atomic E-state index is 2.27. The highest BCUT2D eigenvalue weighted by molar-refractivity contribution is 5.02. The molecular weight excluding hydrogens is 158 g/mol. The number of hydrogen-bond donors (Lipinski definition) is 0. The molecule has 0 aromatic heterocycles. The van der Waals surface area contributed by atoms with Gasteiger partial charge in [-0.25, -0.2) is 0 Å². The van der Waals surface area contributed by atoms with E-state index < -0.39 is 0 Å². The molecule has 0 atom stereocenters. The zero-order chi connectivity index (χ0) is 10.3. The van der Waals surface area contributed by atoms with Crippen LogP contribution in [0.2, 0.25) is 0 Å². The number of hydrogen-bond acceptors (Lipinski definition) is 1. The molecule has 78 valence electrons. The van der Waals surface area contributed by atoms with Crippen molar-refractivity contribution in [1.82, 2.24) is 4.90 Å². The average molecular weight is 183 g/mol. The highest BCUT2D eigenvalue weighted by Gasteiger charge is 2.08. The zero-order valence-corrected chi connectivity index (χ0v) is 9.93. The summed E-state index contributed by atoms with van der Waals surface area (Å²) in [7, 11) is 4.19. The molecule has 0 N–H and O–H groups in total. The lowest BCUT2D eigenvalue weighted by atomic mass is 9.91. The number of nitrogens with zero attached hydrogens (tertiary/aromatic N) is 1. The van der Waals surface area contributed by atoms with E-state index in [0.717, 1.165) is 5.92 Å². The Balaban J connectivity index is 4.17. The summed E-state index contributed by atoms with van der Waals surface area (Å²) in [5, 5.41) is 0. The zero-order valence-electron chi connectivity index (χ0n) is 9.93. The lowest BCUT2D eigenvalue weighted by Gasteiger charge is -2.18. The van der Waals surface area contributed by atoms with Gasteiger partial charge < -0.3 is 4.90 Å². The van der Waals surface area contributed by atoms with Crippen LogP contribution in [0.5, 0.6) is 0 Å². The van der Waals surface area contributed by atoms with E-state index in [1.807, 2.05) is 0 Å². The molecule has 0 spiro atoms. The summed E-state index contributed by atoms with van der Waals surface area (Å²) < 4.78 is 0. The Morgan fingerprint density at radius 2 is 1.62 bits per heavy atom. The second-order valence-electron chi connectivity index (χ2n) is 4.11. The first-order valence-electron chi connectivity index (χ1n) is 5.46. The Morgan fingerprint density at radius 1 is 1.15 bits per heavy atom. The van der Waals surface area contributed by atoms with Gasteiger partial charge in [-0.05, 0) is 31.9 Å². The predicted molar refractivity (Wildman–Crippen MR) is 60.8 cm³/mol. The Kier molecular flexibility index (Phi) is 6.75. The summed E-state index contributed by atoms with van der Waals surface area (Å²) in [5.74, 6) is 0.803. The Morgan fingerprint density at radius 3 is 1.92 bits per heavy atom. The SMILES string of the molecule is CCCC(CCC)C(C)=CN(C)C. The third kappa shape index (κ3) is 5.73. The molecule has 0 saturated carbocycles. The molecule has 0 heterocycles. The Labute approximate surface area is 83.8 Å². The van der Waals surface area contributed by atoms with Crippen molar-refractivity contribution in [3.8, 4) is 0 Å². The average Bonchev–Trinajstić information content (AvgIpc) is 2.02. The van der Waals surface area contributed by atoms with Crippen molar-refractivity contribution in [2.75, 3.05) is 14.1 Å². The molecule has 0 fully saturated rings. The fraction of sp³-hybridized carbons (Fsp3) is 0.833. The van der Waals surface area contributed by atoms with E-state index >= 15 is 0 Å². The molecular formula is C12H25N. The monoisotopic (exact) mass is 183 g/mol. The van der Waals surface area contributed by atoms with Crippen LogP contribution in [0, 0.1) is 5.92 Å². The van der Waals surface area contributed by atoms with Crippen LogP contribution in [0.3, 0.4) is 0 Å². The van der Waals surface area contributed by atoms with Gasteiger partial charge in [0.2, 0.25) is 0 Å². The number of rotatable bonds is 6. The van der Waals surface area contributed by atoms with Crippen LogP contribution in [-0.2, 0) is 0 Å². The van der Waals surface area contributed by atoms with Gasteiger partial charge in [0.1, 0.15) is 0 Å². The highest BCUT2D eigenvalue weighted by Crippen LogP contribution is 2.22. The molecule has 0 saturated heterocycles. The third-order valence-electron chi connectivity index (χ3n) is 2.38. The smallest absolute Gasteiger partial charge is 0.00556 e. The van der Waals surface area contributed by atoms with Crippen LogP contribution in [-0.4, -0.2) is 19.0 Å². The van der Waals surface area contributed by atoms with Crippen molar-refractivity contribution in [1.29, 1.82) is 0 Å². The minimum atomic E-state index is 0.803. The van der Waals surface area contributed by atoms with Gasteiger partial charge in [-0.3, -0.25) is 0 Å². The number of allylic oxidation sites excluding steroid dienone is 1. The summed E-state index contributed by atoms with van der Waals surface area (Å²) in [6, 6.07) is 0. The predicted octanol–water partition coefficient (Wildman–Crippen LogP) is 3.67. The maximum Gasteiger partial charge on any atom is 0.00556 e. The van der Waals surface area contributed by atoms with Crippen LogP contribution in [0.4, 0.5) is 0 Å². The lowest BCUT2D eigenvalue weighted by molar-refractivity contribution is 0.480. The normalized spacial score (nSPS) is 12.3. The van der Waals surface area contributed by atoms with Gasteiger partial charge in [0, 0.05) is 14.1 Å². The van der Waals surface area contributed by atoms with E-state index in [2.05, 4.69) is 46.0 Å². The second-order valence-corrected chi connectivity index (χ2v) is 4.11. The fourth-order valence-electron chi connectivity index (χ4n) is 1.81. The minimum Gasteiger partial charge on any atom is -0.384 e. The van der Waals surface area contributed by atoms with Gasteiger partial charge in [-0.15, -0.1) is 0 Å². The van der Waals surface area contributed by atoms with Crippen LogP contribution in [0.15, 0.2) is 11.8 Å². The first kappa shape index (κ1) is 12.5. The van der Waals surface area contributed by atoms with Gasteiger partial charge in [0.25, 0.3) is 0 Å². The summed E-state index contributed by atoms with van der Waals surface area (Å²) in [6.45, 7) is 6.80. The van der Waals surface area contributed by atoms with Crippen molar-refractivity contribution in [3.05, 3.63) is 11.8 Å². The molecule has 1 heteroatoms. The van der Waals surface area contributed by atoms with E-state index in [1.165, 1.54) is 31.3 Å². The molecule has 0 aromatic rings. The quantitative estimate of drug-likeness (QED) is 0.607. The van der Waals surface area contributed by atoms with Gasteiger partial charge in [0.15, 0.2) is 0 Å². The summed E-state index contributed by atoms with van der Waals surface area (Å²) in [4.78, 5) is 2.15. The van der Waals surface area contributed by atoms with Crippen molar-refractivity contribution >= 4 is 0 Å². The molecule has 0 radical (unpaired) electrons. The first-order valence-corrected chi connectivity index (χ1v) is 5.46. The maximum atomic E-state index is 2.27. The molecule has 0 aliphatic heterocycles. The minimum absolute atomic E-state index is 0.803. The summed E-state index contributed by atoms with van der Waals surface area (Å²) >= 11 is 0. The van der Waals surface area contributed by atoms with E-state index in [0.29, 0.717) is 0 Å². The molecule has 0 aliphatic carbocycles. The van der Waals surface area contributed by atoms with Crippen LogP contribution in [0.1, 0.15) is 46.5 Å². The molecule has 0 bridgehead atoms. The van der Waals surface area contributed by atoms with E-state index in [1.54, 1.807) is 0 Å². The second kappa shape index (κ2) is 6.99. The molecule has 13 heavy (non-hydrogen) atoms. The van der Waals surface area contributed by atoms with Crippen molar-refractivity contribution in [3.63, 3.8) is 0 Å². The van der Waals surface area contributed by atoms with Crippen molar-refractivity contribution in [2.24, 2.45) is 5.92 Å². The fourth-order valence-corrected chi connectivity index (χ4v) is 1.81. The van der Waals surface area contributed by atoms with E-state index in [9.17, 15) is 0 Å². The first-order chi connectivity index (χ1) is 6.11. The standard InChI is InChI=1S/C12H25N/c1-6-8-12(9-7-2)11(3)10-13(4)5/h10,12H,6-9H2,1-5H3. The molecule has 0 rings (SSSR count). The highest BCUT2D eigenvalue weighted by atomic mass is 15.0. The molecule has 0 amide bonds. The largest absolute Gasteiger partial charge is 0.384 e. The van der Waals surface area contributed by atoms with E-state index in [4.69, 9.17) is 0 Å². The van der Waals surface area contributed by atoms with Gasteiger partial charge in [0.05, 0.1) is 0 Å². The molecule has 0 aromatic carbocycles. The summed E-state index contributed by atoms with van der Waals surface area (Å²) in [6.07, 6.45) is 7.52. The van der Waals surface area contributed by atoms with E-state index in [-0.39, 0.29) is 0 Å². The third-order valence-corrected chi connectivity index (χ3v) is 2.38. The topological polar surface area (TPSA) is 3.24 Å². The van der Waals surface area contributed by atoms with Gasteiger partial charge in [-0.1, -0.05) is 32.3 Å². The van der Waals surface area contributed by atoms with Crippen molar-refractivity contribution < 1.29 is 0 Å². The van der Waals surface area contributed by atoms with Crippen molar-refractivity contribution in [2.45, 2.75) is 46.5 Å². The van der Waals surface area contributed by atoms with Gasteiger partial charge >= 0.3 is 0 Å². The lowest BCUT2D eigenvalue weighted by Crippen LogP contribution is -2.08. The van der Waals surface area contributed by atoms with Crippen LogP contribution in [0.25, 0.3) is 0 Å². The van der Waals surface area contributed by atoms with Crippen LogP contribution >= 0.6 is 0 Å². The Bertz CT molecular complexity index is 141. The van der Waals surface area contributed by atoms with Gasteiger partial charge in [-0.2, -0.15) is 0 Å². The molecule has 1 nitrogen and oxygen atoms in total.